The van der Waals surface area contributed by atoms with Crippen molar-refractivity contribution in [2.75, 3.05) is 0 Å². The highest BCUT2D eigenvalue weighted by atomic mass is 16.7. The molecule has 0 radical (unpaired) electrons. The van der Waals surface area contributed by atoms with Crippen LogP contribution in [0.25, 0.3) is 0 Å². The number of ether oxygens (including phenoxy) is 1. The van der Waals surface area contributed by atoms with Crippen molar-refractivity contribution in [3.05, 3.63) is 0 Å². The van der Waals surface area contributed by atoms with Crippen molar-refractivity contribution in [1.82, 2.24) is 10.4 Å². The molecule has 0 aromatic rings. The molecule has 1 saturated heterocycles. The lowest BCUT2D eigenvalue weighted by molar-refractivity contribution is -0.199. The van der Waals surface area contributed by atoms with Gasteiger partial charge in [0.1, 0.15) is 11.6 Å². The average Bonchev–Trinajstić information content (AvgIpc) is 2.73. The third kappa shape index (κ3) is 6.23. The number of nitrogens with two attached hydrogens (primary N) is 1. The van der Waals surface area contributed by atoms with E-state index in [4.69, 9.17) is 15.3 Å². The monoisotopic (exact) mass is 343 g/mol. The number of rotatable bonds is 6. The zero-order valence-corrected chi connectivity index (χ0v) is 13.8. The van der Waals surface area contributed by atoms with E-state index in [1.807, 2.05) is 0 Å². The quantitative estimate of drug-likeness (QED) is 0.632. The Balaban J connectivity index is 2.74. The predicted octanol–water partition coefficient (Wildman–Crippen LogP) is -0.248. The standard InChI is InChI=1S/C14H21N3O7/c1-14(2,3)23-13(22)16-8(4-5-9(15)18)12(21)24-17-10(19)6-7-11(17)20/h8H,4-7H2,1-3H3,(H2,15,18)(H,16,22). The molecule has 0 saturated carbocycles. The summed E-state index contributed by atoms with van der Waals surface area (Å²) < 4.78 is 5.02. The number of imide groups is 1. The molecule has 1 fully saturated rings. The fourth-order valence-corrected chi connectivity index (χ4v) is 1.80. The Labute approximate surface area is 138 Å². The van der Waals surface area contributed by atoms with Crippen LogP contribution in [-0.4, -0.2) is 46.5 Å². The molecule has 1 atom stereocenters. The molecule has 1 rings (SSSR count). The molecule has 1 heterocycles. The van der Waals surface area contributed by atoms with Gasteiger partial charge in [0, 0.05) is 19.3 Å². The smallest absolute Gasteiger partial charge is 0.408 e. The van der Waals surface area contributed by atoms with Crippen LogP contribution in [-0.2, 0) is 28.8 Å². The van der Waals surface area contributed by atoms with Gasteiger partial charge in [0.15, 0.2) is 0 Å². The molecule has 1 aliphatic rings. The molecular weight excluding hydrogens is 322 g/mol. The van der Waals surface area contributed by atoms with E-state index >= 15 is 0 Å². The fraction of sp³-hybridized carbons (Fsp3) is 0.643. The van der Waals surface area contributed by atoms with E-state index in [-0.39, 0.29) is 25.7 Å². The minimum Gasteiger partial charge on any atom is -0.444 e. The second kappa shape index (κ2) is 7.75. The Kier molecular flexibility index (Phi) is 6.27. The van der Waals surface area contributed by atoms with Gasteiger partial charge in [-0.25, -0.2) is 9.59 Å². The Hall–Kier alpha value is -2.65. The number of alkyl carbamates (subject to hydrolysis) is 1. The van der Waals surface area contributed by atoms with E-state index in [0.717, 1.165) is 0 Å². The van der Waals surface area contributed by atoms with Crippen molar-refractivity contribution in [2.24, 2.45) is 5.73 Å². The normalized spacial score (nSPS) is 15.9. The average molecular weight is 343 g/mol. The number of nitrogens with zero attached hydrogens (tertiary/aromatic N) is 1. The van der Waals surface area contributed by atoms with Crippen molar-refractivity contribution in [2.45, 2.75) is 58.1 Å². The highest BCUT2D eigenvalue weighted by Gasteiger charge is 2.35. The van der Waals surface area contributed by atoms with Gasteiger partial charge in [0.25, 0.3) is 11.8 Å². The largest absolute Gasteiger partial charge is 0.444 e. The number of primary amides is 1. The number of hydroxylamine groups is 2. The summed E-state index contributed by atoms with van der Waals surface area (Å²) in [5.74, 6) is -3.06. The topological polar surface area (TPSA) is 145 Å². The molecule has 24 heavy (non-hydrogen) atoms. The van der Waals surface area contributed by atoms with Gasteiger partial charge in [0.05, 0.1) is 0 Å². The molecule has 10 heteroatoms. The van der Waals surface area contributed by atoms with E-state index in [1.165, 1.54) is 0 Å². The summed E-state index contributed by atoms with van der Waals surface area (Å²) in [4.78, 5) is 62.4. The number of nitrogens with one attached hydrogen (secondary N) is 1. The minimum atomic E-state index is -1.30. The van der Waals surface area contributed by atoms with E-state index in [0.29, 0.717) is 5.06 Å². The lowest BCUT2D eigenvalue weighted by Crippen LogP contribution is -2.47. The molecule has 0 aliphatic carbocycles. The van der Waals surface area contributed by atoms with Crippen molar-refractivity contribution in [1.29, 1.82) is 0 Å². The van der Waals surface area contributed by atoms with E-state index < -0.39 is 41.4 Å². The van der Waals surface area contributed by atoms with Crippen LogP contribution in [0.15, 0.2) is 0 Å². The van der Waals surface area contributed by atoms with Gasteiger partial charge in [-0.2, -0.15) is 0 Å². The van der Waals surface area contributed by atoms with E-state index in [1.54, 1.807) is 20.8 Å². The summed E-state index contributed by atoms with van der Waals surface area (Å²) in [6.07, 6.45) is -1.40. The van der Waals surface area contributed by atoms with Crippen LogP contribution in [0, 0.1) is 0 Å². The number of carbonyl (C=O) groups is 5. The van der Waals surface area contributed by atoms with Crippen LogP contribution in [0.4, 0.5) is 4.79 Å². The second-order valence-electron chi connectivity index (χ2n) is 6.20. The van der Waals surface area contributed by atoms with Crippen molar-refractivity contribution in [3.8, 4) is 0 Å². The third-order valence-electron chi connectivity index (χ3n) is 2.84. The van der Waals surface area contributed by atoms with Gasteiger partial charge in [-0.1, -0.05) is 0 Å². The summed E-state index contributed by atoms with van der Waals surface area (Å²) in [7, 11) is 0. The first-order valence-electron chi connectivity index (χ1n) is 7.35. The summed E-state index contributed by atoms with van der Waals surface area (Å²) in [5.41, 5.74) is 4.23. The van der Waals surface area contributed by atoms with Crippen LogP contribution in [0.1, 0.15) is 46.5 Å². The zero-order valence-electron chi connectivity index (χ0n) is 13.8. The van der Waals surface area contributed by atoms with Crippen LogP contribution < -0.4 is 11.1 Å². The number of hydrogen-bond donors (Lipinski definition) is 2. The minimum absolute atomic E-state index is 0.0580. The molecule has 0 spiro atoms. The van der Waals surface area contributed by atoms with Crippen LogP contribution in [0.2, 0.25) is 0 Å². The summed E-state index contributed by atoms with van der Waals surface area (Å²) >= 11 is 0. The molecular formula is C14H21N3O7. The molecule has 0 aromatic heterocycles. The van der Waals surface area contributed by atoms with Gasteiger partial charge in [-0.3, -0.25) is 14.4 Å². The molecule has 1 unspecified atom stereocenters. The molecule has 134 valence electrons. The van der Waals surface area contributed by atoms with Gasteiger partial charge in [0.2, 0.25) is 5.91 Å². The van der Waals surface area contributed by atoms with Gasteiger partial charge < -0.3 is 20.6 Å². The maximum atomic E-state index is 12.1. The third-order valence-corrected chi connectivity index (χ3v) is 2.84. The second-order valence-corrected chi connectivity index (χ2v) is 6.20. The fourth-order valence-electron chi connectivity index (χ4n) is 1.80. The molecule has 3 N–H and O–H groups in total. The van der Waals surface area contributed by atoms with E-state index in [9.17, 15) is 24.0 Å². The number of amides is 4. The zero-order chi connectivity index (χ0) is 18.5. The maximum Gasteiger partial charge on any atom is 0.408 e. The lowest BCUT2D eigenvalue weighted by atomic mass is 10.1. The molecule has 0 aromatic carbocycles. The Morgan fingerprint density at radius 3 is 2.21 bits per heavy atom. The predicted molar refractivity (Wildman–Crippen MR) is 78.8 cm³/mol. The molecule has 1 aliphatic heterocycles. The Bertz CT molecular complexity index is 537. The van der Waals surface area contributed by atoms with Crippen molar-refractivity contribution >= 4 is 29.8 Å². The summed E-state index contributed by atoms with van der Waals surface area (Å²) in [5, 5.41) is 2.60. The first kappa shape index (κ1) is 19.4. The highest BCUT2D eigenvalue weighted by molar-refractivity contribution is 6.01. The van der Waals surface area contributed by atoms with Crippen LogP contribution >= 0.6 is 0 Å². The molecule has 0 bridgehead atoms. The van der Waals surface area contributed by atoms with E-state index in [2.05, 4.69) is 5.32 Å². The summed E-state index contributed by atoms with van der Waals surface area (Å²) in [6.45, 7) is 4.89. The van der Waals surface area contributed by atoms with Gasteiger partial charge in [-0.15, -0.1) is 5.06 Å². The van der Waals surface area contributed by atoms with Gasteiger partial charge >= 0.3 is 12.1 Å². The SMILES string of the molecule is CC(C)(C)OC(=O)NC(CCC(N)=O)C(=O)ON1C(=O)CCC1=O. The molecule has 10 nitrogen and oxygen atoms in total. The maximum absolute atomic E-state index is 12.1. The molecule has 4 amide bonds. The highest BCUT2D eigenvalue weighted by Crippen LogP contribution is 2.14. The summed E-state index contributed by atoms with van der Waals surface area (Å²) in [6, 6.07) is -1.30. The lowest BCUT2D eigenvalue weighted by Gasteiger charge is -2.23. The van der Waals surface area contributed by atoms with Crippen LogP contribution in [0.3, 0.4) is 0 Å². The first-order valence-corrected chi connectivity index (χ1v) is 7.35. The Morgan fingerprint density at radius 2 is 1.75 bits per heavy atom. The first-order chi connectivity index (χ1) is 11.0. The van der Waals surface area contributed by atoms with Crippen molar-refractivity contribution in [3.63, 3.8) is 0 Å². The van der Waals surface area contributed by atoms with Crippen LogP contribution in [0.5, 0.6) is 0 Å². The Morgan fingerprint density at radius 1 is 1.21 bits per heavy atom. The number of carbonyl (C=O) groups excluding carboxylic acids is 5. The number of hydrogen-bond acceptors (Lipinski definition) is 7. The van der Waals surface area contributed by atoms with Gasteiger partial charge in [-0.05, 0) is 27.2 Å². The van der Waals surface area contributed by atoms with Crippen molar-refractivity contribution < 1.29 is 33.5 Å².